The quantitative estimate of drug-likeness (QED) is 0.753. The van der Waals surface area contributed by atoms with Crippen molar-refractivity contribution >= 4 is 23.3 Å². The molecule has 0 radical (unpaired) electrons. The number of amides is 1. The lowest BCUT2D eigenvalue weighted by molar-refractivity contribution is 0.0526. The predicted octanol–water partition coefficient (Wildman–Crippen LogP) is 3.27. The summed E-state index contributed by atoms with van der Waals surface area (Å²) >= 11 is 0. The van der Waals surface area contributed by atoms with E-state index in [1.165, 1.54) is 0 Å². The number of rotatable bonds is 6. The molecule has 7 heteroatoms. The topological polar surface area (TPSA) is 77.1 Å². The van der Waals surface area contributed by atoms with Gasteiger partial charge >= 0.3 is 5.97 Å². The average molecular weight is 398 g/mol. The van der Waals surface area contributed by atoms with Gasteiger partial charge in [-0.1, -0.05) is 12.1 Å². The summed E-state index contributed by atoms with van der Waals surface area (Å²) in [5.41, 5.74) is 3.07. The Kier molecular flexibility index (Phi) is 6.72. The van der Waals surface area contributed by atoms with Crippen molar-refractivity contribution in [2.24, 2.45) is 0 Å². The molecule has 0 spiro atoms. The number of hydrogen-bond donors (Lipinski definition) is 1. The Morgan fingerprint density at radius 1 is 1.17 bits per heavy atom. The molecular weight excluding hydrogens is 372 g/mol. The summed E-state index contributed by atoms with van der Waals surface area (Å²) in [7, 11) is 1.54. The number of ether oxygens (including phenoxy) is 3. The molecule has 0 aromatic heterocycles. The molecule has 0 unspecified atom stereocenters. The summed E-state index contributed by atoms with van der Waals surface area (Å²) in [5.74, 6) is -0.204. The van der Waals surface area contributed by atoms with Crippen LogP contribution in [0.4, 0.5) is 11.4 Å². The minimum absolute atomic E-state index is 0.284. The fourth-order valence-electron chi connectivity index (χ4n) is 3.35. The van der Waals surface area contributed by atoms with E-state index in [1.54, 1.807) is 32.2 Å². The lowest BCUT2D eigenvalue weighted by Gasteiger charge is -2.30. The van der Waals surface area contributed by atoms with Gasteiger partial charge in [-0.15, -0.1) is 0 Å². The Labute approximate surface area is 170 Å². The van der Waals surface area contributed by atoms with Gasteiger partial charge < -0.3 is 24.4 Å². The van der Waals surface area contributed by atoms with Crippen LogP contribution in [-0.2, 0) is 9.47 Å². The normalized spacial score (nSPS) is 13.7. The Bertz CT molecular complexity index is 891. The van der Waals surface area contributed by atoms with E-state index in [0.29, 0.717) is 48.9 Å². The number of hydrogen-bond acceptors (Lipinski definition) is 6. The molecule has 1 amide bonds. The number of nitrogens with zero attached hydrogens (tertiary/aromatic N) is 1. The predicted molar refractivity (Wildman–Crippen MR) is 111 cm³/mol. The van der Waals surface area contributed by atoms with Crippen molar-refractivity contribution in [2.45, 2.75) is 13.8 Å². The third-order valence-corrected chi connectivity index (χ3v) is 4.77. The number of benzene rings is 2. The zero-order valence-corrected chi connectivity index (χ0v) is 17.0. The first-order valence-electron chi connectivity index (χ1n) is 9.64. The number of nitrogens with one attached hydrogen (secondary N) is 1. The molecule has 1 aliphatic rings. The molecule has 1 saturated heterocycles. The molecule has 7 nitrogen and oxygen atoms in total. The van der Waals surface area contributed by atoms with Crippen molar-refractivity contribution in [1.82, 2.24) is 0 Å². The van der Waals surface area contributed by atoms with Crippen LogP contribution >= 0.6 is 0 Å². The molecule has 2 aromatic carbocycles. The second-order valence-corrected chi connectivity index (χ2v) is 6.66. The minimum atomic E-state index is -0.426. The lowest BCUT2D eigenvalue weighted by Crippen LogP contribution is -2.36. The Balaban J connectivity index is 1.96. The van der Waals surface area contributed by atoms with E-state index >= 15 is 0 Å². The smallest absolute Gasteiger partial charge is 0.338 e. The number of carbonyl (C=O) groups excluding carboxylic acids is 2. The summed E-state index contributed by atoms with van der Waals surface area (Å²) in [6.45, 7) is 6.55. The number of aryl methyl sites for hydroxylation is 1. The number of esters is 1. The maximum atomic E-state index is 13.0. The van der Waals surface area contributed by atoms with Crippen molar-refractivity contribution < 1.29 is 23.8 Å². The van der Waals surface area contributed by atoms with Crippen LogP contribution in [0.2, 0.25) is 0 Å². The minimum Gasteiger partial charge on any atom is -0.496 e. The van der Waals surface area contributed by atoms with Crippen LogP contribution in [0.15, 0.2) is 36.4 Å². The molecule has 1 heterocycles. The van der Waals surface area contributed by atoms with Gasteiger partial charge in [0.2, 0.25) is 0 Å². The molecule has 0 atom stereocenters. The zero-order valence-electron chi connectivity index (χ0n) is 17.0. The molecule has 2 aromatic rings. The molecule has 29 heavy (non-hydrogen) atoms. The second-order valence-electron chi connectivity index (χ2n) is 6.66. The van der Waals surface area contributed by atoms with Crippen LogP contribution in [-0.4, -0.2) is 51.9 Å². The maximum Gasteiger partial charge on any atom is 0.338 e. The largest absolute Gasteiger partial charge is 0.496 e. The molecule has 0 saturated carbocycles. The van der Waals surface area contributed by atoms with Crippen LogP contribution < -0.4 is 15.0 Å². The fourth-order valence-corrected chi connectivity index (χ4v) is 3.35. The van der Waals surface area contributed by atoms with Gasteiger partial charge in [0, 0.05) is 13.1 Å². The highest BCUT2D eigenvalue weighted by molar-refractivity contribution is 6.08. The van der Waals surface area contributed by atoms with Gasteiger partial charge in [0.15, 0.2) is 0 Å². The summed E-state index contributed by atoms with van der Waals surface area (Å²) in [4.78, 5) is 27.4. The van der Waals surface area contributed by atoms with Gasteiger partial charge in [-0.25, -0.2) is 4.79 Å². The van der Waals surface area contributed by atoms with Crippen LogP contribution in [0.3, 0.4) is 0 Å². The van der Waals surface area contributed by atoms with Gasteiger partial charge in [-0.3, -0.25) is 4.79 Å². The summed E-state index contributed by atoms with van der Waals surface area (Å²) in [6, 6.07) is 10.6. The molecule has 1 fully saturated rings. The molecular formula is C22H26N2O5. The highest BCUT2D eigenvalue weighted by atomic mass is 16.5. The average Bonchev–Trinajstić information content (AvgIpc) is 2.74. The first-order valence-corrected chi connectivity index (χ1v) is 9.64. The van der Waals surface area contributed by atoms with Gasteiger partial charge in [0.05, 0.1) is 49.4 Å². The number of carbonyl (C=O) groups is 2. The van der Waals surface area contributed by atoms with E-state index in [-0.39, 0.29) is 12.5 Å². The van der Waals surface area contributed by atoms with Crippen LogP contribution in [0.25, 0.3) is 0 Å². The van der Waals surface area contributed by atoms with Crippen LogP contribution in [0.5, 0.6) is 5.75 Å². The van der Waals surface area contributed by atoms with Gasteiger partial charge in [-0.05, 0) is 43.7 Å². The summed E-state index contributed by atoms with van der Waals surface area (Å²) < 4.78 is 15.9. The van der Waals surface area contributed by atoms with Crippen molar-refractivity contribution in [1.29, 1.82) is 0 Å². The summed E-state index contributed by atoms with van der Waals surface area (Å²) in [6.07, 6.45) is 0. The van der Waals surface area contributed by atoms with Crippen molar-refractivity contribution in [3.8, 4) is 5.75 Å². The number of anilines is 2. The Hall–Kier alpha value is -3.06. The Morgan fingerprint density at radius 2 is 1.93 bits per heavy atom. The Morgan fingerprint density at radius 3 is 2.62 bits per heavy atom. The van der Waals surface area contributed by atoms with Gasteiger partial charge in [-0.2, -0.15) is 0 Å². The highest BCUT2D eigenvalue weighted by Crippen LogP contribution is 2.30. The first kappa shape index (κ1) is 20.7. The van der Waals surface area contributed by atoms with E-state index in [2.05, 4.69) is 10.2 Å². The molecule has 3 rings (SSSR count). The second kappa shape index (κ2) is 9.43. The summed E-state index contributed by atoms with van der Waals surface area (Å²) in [5, 5.41) is 2.95. The molecule has 1 aliphatic heterocycles. The van der Waals surface area contributed by atoms with E-state index in [0.717, 1.165) is 11.3 Å². The number of morpholine rings is 1. The zero-order chi connectivity index (χ0) is 20.8. The van der Waals surface area contributed by atoms with Crippen molar-refractivity contribution in [3.05, 3.63) is 53.1 Å². The van der Waals surface area contributed by atoms with E-state index < -0.39 is 5.97 Å². The highest BCUT2D eigenvalue weighted by Gasteiger charge is 2.21. The SMILES string of the molecule is CCOC(=O)c1ccc(N2CCOCC2)c(NC(=O)c2cccc(C)c2OC)c1. The van der Waals surface area contributed by atoms with E-state index in [1.807, 2.05) is 25.1 Å². The fraction of sp³-hybridized carbons (Fsp3) is 0.364. The van der Waals surface area contributed by atoms with E-state index in [4.69, 9.17) is 14.2 Å². The van der Waals surface area contributed by atoms with Gasteiger partial charge in [0.1, 0.15) is 5.75 Å². The van der Waals surface area contributed by atoms with Gasteiger partial charge in [0.25, 0.3) is 5.91 Å². The maximum absolute atomic E-state index is 13.0. The molecule has 1 N–H and O–H groups in total. The van der Waals surface area contributed by atoms with Crippen molar-refractivity contribution in [3.63, 3.8) is 0 Å². The van der Waals surface area contributed by atoms with Crippen molar-refractivity contribution in [2.75, 3.05) is 50.2 Å². The monoisotopic (exact) mass is 398 g/mol. The lowest BCUT2D eigenvalue weighted by atomic mass is 10.1. The van der Waals surface area contributed by atoms with E-state index in [9.17, 15) is 9.59 Å². The van der Waals surface area contributed by atoms with Crippen LogP contribution in [0.1, 0.15) is 33.2 Å². The molecule has 0 bridgehead atoms. The number of methoxy groups -OCH3 is 1. The third kappa shape index (κ3) is 4.68. The standard InChI is InChI=1S/C22H26N2O5/c1-4-29-22(26)16-8-9-19(24-10-12-28-13-11-24)18(14-16)23-21(25)17-7-5-6-15(2)20(17)27-3/h5-9,14H,4,10-13H2,1-3H3,(H,23,25). The molecule has 154 valence electrons. The third-order valence-electron chi connectivity index (χ3n) is 4.77. The first-order chi connectivity index (χ1) is 14.0. The van der Waals surface area contributed by atoms with Crippen LogP contribution in [0, 0.1) is 6.92 Å². The molecule has 0 aliphatic carbocycles. The number of para-hydroxylation sites is 1.